The number of nitrogens with zero attached hydrogens (tertiary/aromatic N) is 6. The summed E-state index contributed by atoms with van der Waals surface area (Å²) in [7, 11) is 2.83. The van der Waals surface area contributed by atoms with Gasteiger partial charge in [-0.05, 0) is 44.7 Å². The quantitative estimate of drug-likeness (QED) is 0.0759. The van der Waals surface area contributed by atoms with Crippen molar-refractivity contribution in [1.29, 1.82) is 0 Å². The SMILES string of the molecule is C#CCN(CC(=O)N(CCOC)CC(=O)CC(C(=O)CC(Cc1ccccc1)C(=O)CC(C)C(C)=O)C(C)O)C(=O)CN(CCC)C(=O)CN(CC=C)C(=O)CN(CCOC)C(=O)CN(C(C)=O)C(C)c1ccccc1. The fraction of sp³-hybridized carbons (Fsp3) is 0.544. The van der Waals surface area contributed by atoms with Gasteiger partial charge < -0.3 is 44.0 Å². The van der Waals surface area contributed by atoms with Crippen LogP contribution in [0.4, 0.5) is 0 Å². The zero-order chi connectivity index (χ0) is 56.9. The van der Waals surface area contributed by atoms with Gasteiger partial charge in [-0.3, -0.25) is 47.9 Å². The summed E-state index contributed by atoms with van der Waals surface area (Å²) in [5, 5.41) is 10.8. The number of carbonyl (C=O) groups excluding carboxylic acids is 10. The number of carbonyl (C=O) groups is 10. The van der Waals surface area contributed by atoms with Gasteiger partial charge in [0.05, 0.1) is 57.5 Å². The molecule has 416 valence electrons. The van der Waals surface area contributed by atoms with E-state index < -0.39 is 110 Å². The van der Waals surface area contributed by atoms with Crippen LogP contribution in [0.2, 0.25) is 0 Å². The van der Waals surface area contributed by atoms with Crippen LogP contribution in [-0.4, -0.2) is 199 Å². The fourth-order valence-electron chi connectivity index (χ4n) is 8.31. The van der Waals surface area contributed by atoms with Crippen molar-refractivity contribution >= 4 is 58.6 Å². The van der Waals surface area contributed by atoms with Gasteiger partial charge in [0.15, 0.2) is 5.78 Å². The molecule has 0 spiro atoms. The minimum atomic E-state index is -1.30. The van der Waals surface area contributed by atoms with Crippen LogP contribution in [0.3, 0.4) is 0 Å². The van der Waals surface area contributed by atoms with E-state index in [-0.39, 0.29) is 89.2 Å². The standard InChI is InChI=1S/C57H80N6O13/c1-11-24-58(53(70)37-59(25-12-2)55(72)39-62(28-30-76-10)57(74)40-63(45(8)66)42(5)47-22-18-15-19-23-47)36-54(71)60(26-13-3)38-56(73)61(27-29-75-9)35-49(67)34-50(44(7)65)52(69)33-48(32-46-20-16-14-17-21-46)51(68)31-41(4)43(6)64/h3,12,14-23,41-42,44,48,50,65H,2,11,24-40H2,1,4-10H3. The van der Waals surface area contributed by atoms with Gasteiger partial charge in [0.2, 0.25) is 35.4 Å². The molecule has 0 aromatic heterocycles. The van der Waals surface area contributed by atoms with Crippen molar-refractivity contribution < 1.29 is 62.5 Å². The van der Waals surface area contributed by atoms with Gasteiger partial charge in [0.25, 0.3) is 0 Å². The molecular weight excluding hydrogens is 977 g/mol. The monoisotopic (exact) mass is 1060 g/mol. The summed E-state index contributed by atoms with van der Waals surface area (Å²) >= 11 is 0. The van der Waals surface area contributed by atoms with E-state index in [1.807, 2.05) is 48.5 Å². The second-order valence-electron chi connectivity index (χ2n) is 19.0. The Hall–Kier alpha value is -6.88. The smallest absolute Gasteiger partial charge is 0.243 e. The first-order chi connectivity index (χ1) is 36.1. The lowest BCUT2D eigenvalue weighted by molar-refractivity contribution is -0.148. The maximum Gasteiger partial charge on any atom is 0.243 e. The number of methoxy groups -OCH3 is 2. The van der Waals surface area contributed by atoms with E-state index in [1.165, 1.54) is 60.7 Å². The highest BCUT2D eigenvalue weighted by Gasteiger charge is 2.34. The largest absolute Gasteiger partial charge is 0.393 e. The molecule has 2 rings (SSSR count). The highest BCUT2D eigenvalue weighted by atomic mass is 16.5. The number of terminal acetylenes is 1. The van der Waals surface area contributed by atoms with Gasteiger partial charge >= 0.3 is 0 Å². The predicted molar refractivity (Wildman–Crippen MR) is 286 cm³/mol. The molecule has 0 bridgehead atoms. The molecule has 0 saturated carbocycles. The van der Waals surface area contributed by atoms with Crippen LogP contribution in [0.15, 0.2) is 73.3 Å². The number of ketones is 4. The first-order valence-corrected chi connectivity index (χ1v) is 25.6. The summed E-state index contributed by atoms with van der Waals surface area (Å²) in [4.78, 5) is 143. The Morgan fingerprint density at radius 3 is 1.63 bits per heavy atom. The summed E-state index contributed by atoms with van der Waals surface area (Å²) in [6.07, 6.45) is 5.55. The third kappa shape index (κ3) is 22.5. The molecule has 0 aliphatic rings. The minimum absolute atomic E-state index is 0.00508. The Kier molecular flexibility index (Phi) is 29.7. The van der Waals surface area contributed by atoms with Crippen molar-refractivity contribution in [1.82, 2.24) is 29.4 Å². The average Bonchev–Trinajstić information content (AvgIpc) is 3.38. The van der Waals surface area contributed by atoms with Gasteiger partial charge in [-0.1, -0.05) is 86.5 Å². The molecule has 0 radical (unpaired) electrons. The lowest BCUT2D eigenvalue weighted by Gasteiger charge is -2.32. The highest BCUT2D eigenvalue weighted by molar-refractivity contribution is 5.96. The fourth-order valence-corrected chi connectivity index (χ4v) is 8.31. The highest BCUT2D eigenvalue weighted by Crippen LogP contribution is 2.24. The molecule has 0 saturated heterocycles. The molecule has 0 fully saturated rings. The molecule has 19 nitrogen and oxygen atoms in total. The molecular formula is C57H80N6O13. The van der Waals surface area contributed by atoms with Crippen LogP contribution < -0.4 is 0 Å². The predicted octanol–water partition coefficient (Wildman–Crippen LogP) is 3.22. The zero-order valence-corrected chi connectivity index (χ0v) is 45.8. The van der Waals surface area contributed by atoms with Crippen molar-refractivity contribution in [3.05, 3.63) is 84.4 Å². The molecule has 0 aliphatic heterocycles. The molecule has 6 amide bonds. The van der Waals surface area contributed by atoms with Crippen molar-refractivity contribution in [3.8, 4) is 12.3 Å². The van der Waals surface area contributed by atoms with Crippen LogP contribution in [0, 0.1) is 30.1 Å². The molecule has 2 aromatic rings. The molecule has 0 aliphatic carbocycles. The van der Waals surface area contributed by atoms with E-state index in [4.69, 9.17) is 15.9 Å². The van der Waals surface area contributed by atoms with Gasteiger partial charge in [-0.25, -0.2) is 0 Å². The van der Waals surface area contributed by atoms with E-state index >= 15 is 0 Å². The lowest BCUT2D eigenvalue weighted by Crippen LogP contribution is -2.52. The van der Waals surface area contributed by atoms with E-state index in [9.17, 15) is 53.1 Å². The Bertz CT molecular complexity index is 2300. The van der Waals surface area contributed by atoms with E-state index in [0.717, 1.165) is 20.9 Å². The normalized spacial score (nSPS) is 12.8. The molecule has 0 heterocycles. The number of hydrogen-bond donors (Lipinski definition) is 1. The number of benzene rings is 2. The van der Waals surface area contributed by atoms with Crippen LogP contribution in [0.1, 0.15) is 84.4 Å². The van der Waals surface area contributed by atoms with Gasteiger partial charge in [-0.2, -0.15) is 0 Å². The summed E-state index contributed by atoms with van der Waals surface area (Å²) in [5.41, 5.74) is 1.60. The summed E-state index contributed by atoms with van der Waals surface area (Å²) < 4.78 is 10.4. The van der Waals surface area contributed by atoms with Crippen LogP contribution >= 0.6 is 0 Å². The maximum atomic E-state index is 14.0. The Balaban J connectivity index is 2.26. The molecule has 1 N–H and O–H groups in total. The van der Waals surface area contributed by atoms with Crippen molar-refractivity contribution in [2.24, 2.45) is 17.8 Å². The van der Waals surface area contributed by atoms with Gasteiger partial charge in [-0.15, -0.1) is 13.0 Å². The number of Topliss-reactive ketones (excluding diaryl/α,β-unsaturated/α-hetero) is 4. The molecule has 19 heteroatoms. The zero-order valence-electron chi connectivity index (χ0n) is 45.8. The third-order valence-electron chi connectivity index (χ3n) is 13.0. The number of hydrogen-bond acceptors (Lipinski definition) is 13. The molecule has 2 aromatic carbocycles. The minimum Gasteiger partial charge on any atom is -0.393 e. The number of rotatable bonds is 37. The lowest BCUT2D eigenvalue weighted by atomic mass is 9.81. The summed E-state index contributed by atoms with van der Waals surface area (Å²) in [6, 6.07) is 17.8. The average molecular weight is 1060 g/mol. The van der Waals surface area contributed by atoms with Crippen molar-refractivity contribution in [2.45, 2.75) is 85.8 Å². The van der Waals surface area contributed by atoms with Gasteiger partial charge in [0, 0.05) is 78.4 Å². The maximum absolute atomic E-state index is 14.0. The Morgan fingerprint density at radius 1 is 0.645 bits per heavy atom. The molecule has 76 heavy (non-hydrogen) atoms. The second kappa shape index (κ2) is 34.6. The first kappa shape index (κ1) is 65.2. The molecule has 5 atom stereocenters. The van der Waals surface area contributed by atoms with E-state index in [0.29, 0.717) is 6.42 Å². The topological polar surface area (TPSA) is 229 Å². The molecule has 5 unspecified atom stereocenters. The van der Waals surface area contributed by atoms with Gasteiger partial charge in [0.1, 0.15) is 37.0 Å². The summed E-state index contributed by atoms with van der Waals surface area (Å²) in [5.74, 6) is -5.34. The number of amides is 6. The second-order valence-corrected chi connectivity index (χ2v) is 19.0. The number of aliphatic hydroxyl groups is 1. The third-order valence-corrected chi connectivity index (χ3v) is 13.0. The van der Waals surface area contributed by atoms with E-state index in [2.05, 4.69) is 12.5 Å². The van der Waals surface area contributed by atoms with Crippen molar-refractivity contribution in [3.63, 3.8) is 0 Å². The van der Waals surface area contributed by atoms with Crippen LogP contribution in [-0.2, 0) is 63.8 Å². The number of aliphatic hydroxyl groups excluding tert-OH is 1. The van der Waals surface area contributed by atoms with Crippen LogP contribution in [0.5, 0.6) is 0 Å². The summed E-state index contributed by atoms with van der Waals surface area (Å²) in [6.45, 7) is 9.70. The van der Waals surface area contributed by atoms with Crippen LogP contribution in [0.25, 0.3) is 0 Å². The van der Waals surface area contributed by atoms with Crippen molar-refractivity contribution in [2.75, 3.05) is 99.4 Å². The van der Waals surface area contributed by atoms with E-state index in [1.54, 1.807) is 32.9 Å². The first-order valence-electron chi connectivity index (χ1n) is 25.6. The Labute approximate surface area is 448 Å². The number of ether oxygens (including phenoxy) is 2. The Morgan fingerprint density at radius 2 is 1.13 bits per heavy atom.